The van der Waals surface area contributed by atoms with Gasteiger partial charge in [-0.05, 0) is 61.5 Å². The van der Waals surface area contributed by atoms with Crippen LogP contribution in [0.5, 0.6) is 5.75 Å². The smallest absolute Gasteiger partial charge is 0.255 e. The summed E-state index contributed by atoms with van der Waals surface area (Å²) in [5.74, 6) is -0.557. The van der Waals surface area contributed by atoms with Crippen molar-refractivity contribution < 1.29 is 19.1 Å². The van der Waals surface area contributed by atoms with Gasteiger partial charge in [0.2, 0.25) is 0 Å². The number of ether oxygens (including phenoxy) is 1. The number of nitrogens with one attached hydrogen (secondary N) is 3. The number of carbonyl (C=O) groups excluding carboxylic acids is 3. The third-order valence-corrected chi connectivity index (χ3v) is 5.22. The van der Waals surface area contributed by atoms with Crippen LogP contribution in [0.25, 0.3) is 0 Å². The molecule has 0 aliphatic heterocycles. The van der Waals surface area contributed by atoms with Crippen molar-refractivity contribution in [1.29, 1.82) is 0 Å². The van der Waals surface area contributed by atoms with Crippen molar-refractivity contribution in [3.05, 3.63) is 120 Å². The predicted octanol–water partition coefficient (Wildman–Crippen LogP) is 5.84. The van der Waals surface area contributed by atoms with Crippen molar-refractivity contribution in [2.45, 2.75) is 6.92 Å². The number of hydrogen-bond acceptors (Lipinski definition) is 4. The molecule has 3 amide bonds. The molecule has 0 bridgehead atoms. The zero-order valence-corrected chi connectivity index (χ0v) is 19.7. The van der Waals surface area contributed by atoms with Crippen LogP contribution in [0.15, 0.2) is 103 Å². The van der Waals surface area contributed by atoms with Gasteiger partial charge in [0.15, 0.2) is 0 Å². The Bertz CT molecular complexity index is 1300. The van der Waals surface area contributed by atoms with E-state index in [0.29, 0.717) is 40.5 Å². The number of carbonyl (C=O) groups is 3. The normalized spacial score (nSPS) is 10.2. The number of amides is 3. The van der Waals surface area contributed by atoms with Crippen molar-refractivity contribution in [3.63, 3.8) is 0 Å². The second-order valence-corrected chi connectivity index (χ2v) is 7.82. The van der Waals surface area contributed by atoms with Gasteiger partial charge in [0.05, 0.1) is 12.3 Å². The van der Waals surface area contributed by atoms with Crippen molar-refractivity contribution in [1.82, 2.24) is 0 Å². The van der Waals surface area contributed by atoms with Gasteiger partial charge < -0.3 is 20.7 Å². The van der Waals surface area contributed by atoms with Gasteiger partial charge >= 0.3 is 0 Å². The first-order valence-electron chi connectivity index (χ1n) is 11.4. The van der Waals surface area contributed by atoms with Gasteiger partial charge in [0, 0.05) is 28.1 Å². The molecule has 7 nitrogen and oxygen atoms in total. The Morgan fingerprint density at radius 3 is 1.58 bits per heavy atom. The summed E-state index contributed by atoms with van der Waals surface area (Å²) in [6, 6.07) is 29.3. The zero-order valence-electron chi connectivity index (χ0n) is 19.7. The van der Waals surface area contributed by atoms with Crippen LogP contribution in [0, 0.1) is 0 Å². The molecule has 0 heterocycles. The van der Waals surface area contributed by atoms with Crippen molar-refractivity contribution in [2.75, 3.05) is 22.6 Å². The molecule has 0 aromatic heterocycles. The van der Waals surface area contributed by atoms with Gasteiger partial charge in [0.25, 0.3) is 17.7 Å². The van der Waals surface area contributed by atoms with Crippen LogP contribution in [0.1, 0.15) is 38.0 Å². The maximum Gasteiger partial charge on any atom is 0.255 e. The second kappa shape index (κ2) is 11.5. The van der Waals surface area contributed by atoms with Gasteiger partial charge in [-0.25, -0.2) is 0 Å². The van der Waals surface area contributed by atoms with Crippen LogP contribution < -0.4 is 20.7 Å². The van der Waals surface area contributed by atoms with Crippen molar-refractivity contribution in [3.8, 4) is 5.75 Å². The molecule has 4 aromatic rings. The Kier molecular flexibility index (Phi) is 7.73. The molecular weight excluding hydrogens is 454 g/mol. The summed E-state index contributed by atoms with van der Waals surface area (Å²) in [4.78, 5) is 38.7. The van der Waals surface area contributed by atoms with Gasteiger partial charge in [-0.15, -0.1) is 0 Å². The quantitative estimate of drug-likeness (QED) is 0.296. The molecule has 0 aliphatic rings. The van der Waals surface area contributed by atoms with E-state index in [1.165, 1.54) is 0 Å². The number of hydrogen-bond donors (Lipinski definition) is 3. The lowest BCUT2D eigenvalue weighted by Crippen LogP contribution is -2.17. The standard InChI is InChI=1S/C29H25N3O4/c1-2-36-26-16-10-9-15-25(26)32-29(35)22-17-23(30-27(33)20-11-5-3-6-12-20)19-24(18-22)31-28(34)21-13-7-4-8-14-21/h3-19H,2H2,1H3,(H,30,33)(H,31,34)(H,32,35). The highest BCUT2D eigenvalue weighted by Crippen LogP contribution is 2.26. The first-order valence-corrected chi connectivity index (χ1v) is 11.4. The molecule has 3 N–H and O–H groups in total. The fourth-order valence-electron chi connectivity index (χ4n) is 3.53. The summed E-state index contributed by atoms with van der Waals surface area (Å²) in [6.07, 6.45) is 0. The van der Waals surface area contributed by atoms with E-state index in [-0.39, 0.29) is 17.4 Å². The number of benzene rings is 4. The van der Waals surface area contributed by atoms with Crippen molar-refractivity contribution in [2.24, 2.45) is 0 Å². The van der Waals surface area contributed by atoms with Crippen LogP contribution in [0.2, 0.25) is 0 Å². The minimum Gasteiger partial charge on any atom is -0.492 e. The van der Waals surface area contributed by atoms with Crippen molar-refractivity contribution >= 4 is 34.8 Å². The van der Waals surface area contributed by atoms with E-state index >= 15 is 0 Å². The monoisotopic (exact) mass is 479 g/mol. The number of para-hydroxylation sites is 2. The largest absolute Gasteiger partial charge is 0.492 e. The SMILES string of the molecule is CCOc1ccccc1NC(=O)c1cc(NC(=O)c2ccccc2)cc(NC(=O)c2ccccc2)c1. The number of anilines is 3. The van der Waals surface area contributed by atoms with Crippen LogP contribution in [-0.4, -0.2) is 24.3 Å². The molecule has 0 fully saturated rings. The van der Waals surface area contributed by atoms with E-state index in [1.807, 2.05) is 25.1 Å². The molecule has 4 rings (SSSR count). The topological polar surface area (TPSA) is 96.5 Å². The van der Waals surface area contributed by atoms with Gasteiger partial charge in [0.1, 0.15) is 5.75 Å². The van der Waals surface area contributed by atoms with E-state index in [9.17, 15) is 14.4 Å². The highest BCUT2D eigenvalue weighted by molar-refractivity contribution is 6.10. The maximum atomic E-state index is 13.2. The molecule has 0 spiro atoms. The van der Waals surface area contributed by atoms with E-state index in [4.69, 9.17) is 4.74 Å². The minimum absolute atomic E-state index is 0.246. The van der Waals surface area contributed by atoms with Crippen LogP contribution in [0.4, 0.5) is 17.1 Å². The average molecular weight is 480 g/mol. The van der Waals surface area contributed by atoms with Crippen LogP contribution >= 0.6 is 0 Å². The molecule has 0 aliphatic carbocycles. The van der Waals surface area contributed by atoms with E-state index in [2.05, 4.69) is 16.0 Å². The molecule has 36 heavy (non-hydrogen) atoms. The summed E-state index contributed by atoms with van der Waals surface area (Å²) in [6.45, 7) is 2.31. The van der Waals surface area contributed by atoms with Gasteiger partial charge in [-0.2, -0.15) is 0 Å². The minimum atomic E-state index is -0.423. The Morgan fingerprint density at radius 2 is 1.06 bits per heavy atom. The third-order valence-electron chi connectivity index (χ3n) is 5.22. The highest BCUT2D eigenvalue weighted by atomic mass is 16.5. The fraction of sp³-hybridized carbons (Fsp3) is 0.0690. The van der Waals surface area contributed by atoms with Crippen LogP contribution in [0.3, 0.4) is 0 Å². The first kappa shape index (κ1) is 24.2. The summed E-state index contributed by atoms with van der Waals surface area (Å²) < 4.78 is 5.60. The zero-order chi connectivity index (χ0) is 25.3. The number of rotatable bonds is 8. The molecule has 0 atom stereocenters. The summed E-state index contributed by atoms with van der Waals surface area (Å²) >= 11 is 0. The molecule has 0 saturated carbocycles. The lowest BCUT2D eigenvalue weighted by molar-refractivity contribution is 0.101. The third kappa shape index (κ3) is 6.15. The maximum absolute atomic E-state index is 13.2. The molecule has 0 unspecified atom stereocenters. The fourth-order valence-corrected chi connectivity index (χ4v) is 3.53. The van der Waals surface area contributed by atoms with Crippen LogP contribution in [-0.2, 0) is 0 Å². The lowest BCUT2D eigenvalue weighted by Gasteiger charge is -2.14. The molecular formula is C29H25N3O4. The summed E-state index contributed by atoms with van der Waals surface area (Å²) in [5, 5.41) is 8.46. The van der Waals surface area contributed by atoms with Gasteiger partial charge in [-0.3, -0.25) is 14.4 Å². The molecule has 7 heteroatoms. The molecule has 4 aromatic carbocycles. The highest BCUT2D eigenvalue weighted by Gasteiger charge is 2.15. The lowest BCUT2D eigenvalue weighted by atomic mass is 10.1. The Labute approximate surface area is 209 Å². The van der Waals surface area contributed by atoms with Gasteiger partial charge in [-0.1, -0.05) is 48.5 Å². The molecule has 0 radical (unpaired) electrons. The second-order valence-electron chi connectivity index (χ2n) is 7.82. The molecule has 180 valence electrons. The Morgan fingerprint density at radius 1 is 0.583 bits per heavy atom. The first-order chi connectivity index (χ1) is 17.5. The summed E-state index contributed by atoms with van der Waals surface area (Å²) in [5.41, 5.74) is 2.41. The summed E-state index contributed by atoms with van der Waals surface area (Å²) in [7, 11) is 0. The van der Waals surface area contributed by atoms with E-state index in [1.54, 1.807) is 84.9 Å². The van der Waals surface area contributed by atoms with E-state index in [0.717, 1.165) is 0 Å². The van der Waals surface area contributed by atoms with E-state index < -0.39 is 5.91 Å². The average Bonchev–Trinajstić information content (AvgIpc) is 2.90. The molecule has 0 saturated heterocycles. The predicted molar refractivity (Wildman–Crippen MR) is 141 cm³/mol. The Balaban J connectivity index is 1.63. The Hall–Kier alpha value is -4.91.